The van der Waals surface area contributed by atoms with Crippen molar-refractivity contribution in [1.29, 1.82) is 0 Å². The fourth-order valence-electron chi connectivity index (χ4n) is 1.18. The quantitative estimate of drug-likeness (QED) is 0.284. The zero-order valence-electron chi connectivity index (χ0n) is 11.3. The SMILES string of the molecule is CCOCNCC(CNCOCC)OS(C)(=O)=O. The van der Waals surface area contributed by atoms with E-state index in [-0.39, 0.29) is 0 Å². The van der Waals surface area contributed by atoms with Gasteiger partial charge in [-0.2, -0.15) is 8.42 Å². The Hall–Kier alpha value is -0.250. The van der Waals surface area contributed by atoms with Crippen LogP contribution in [0.5, 0.6) is 0 Å². The molecule has 0 heterocycles. The molecule has 0 spiro atoms. The number of ether oxygens (including phenoxy) is 2. The highest BCUT2D eigenvalue weighted by Gasteiger charge is 2.14. The molecule has 0 radical (unpaired) electrons. The lowest BCUT2D eigenvalue weighted by Crippen LogP contribution is -2.40. The average Bonchev–Trinajstić information content (AvgIpc) is 2.28. The molecule has 0 amide bonds. The fraction of sp³-hybridized carbons (Fsp3) is 1.00. The molecule has 0 bridgehead atoms. The number of nitrogens with one attached hydrogen (secondary N) is 2. The van der Waals surface area contributed by atoms with Crippen molar-refractivity contribution in [3.8, 4) is 0 Å². The van der Waals surface area contributed by atoms with Crippen molar-refractivity contribution >= 4 is 10.1 Å². The Kier molecular flexibility index (Phi) is 10.5. The Morgan fingerprint density at radius 1 is 1.00 bits per heavy atom. The molecule has 0 aliphatic heterocycles. The molecule has 0 aliphatic carbocycles. The fourth-order valence-corrected chi connectivity index (χ4v) is 1.81. The predicted molar refractivity (Wildman–Crippen MR) is 68.7 cm³/mol. The highest BCUT2D eigenvalue weighted by molar-refractivity contribution is 7.86. The van der Waals surface area contributed by atoms with Crippen molar-refractivity contribution in [2.75, 3.05) is 46.0 Å². The standard InChI is InChI=1S/C10H24N2O5S/c1-4-15-8-11-6-10(17-18(3,13)14)7-12-9-16-5-2/h10-12H,4-9H2,1-3H3. The van der Waals surface area contributed by atoms with Gasteiger partial charge in [0.2, 0.25) is 0 Å². The first-order chi connectivity index (χ1) is 8.49. The highest BCUT2D eigenvalue weighted by Crippen LogP contribution is 1.96. The van der Waals surface area contributed by atoms with Crippen LogP contribution in [0.3, 0.4) is 0 Å². The molecule has 110 valence electrons. The third kappa shape index (κ3) is 12.2. The van der Waals surface area contributed by atoms with Crippen molar-refractivity contribution < 1.29 is 22.1 Å². The second-order valence-corrected chi connectivity index (χ2v) is 5.21. The molecule has 2 N–H and O–H groups in total. The van der Waals surface area contributed by atoms with Gasteiger partial charge in [-0.25, -0.2) is 0 Å². The first-order valence-electron chi connectivity index (χ1n) is 5.94. The molecule has 18 heavy (non-hydrogen) atoms. The minimum Gasteiger partial charge on any atom is -0.367 e. The summed E-state index contributed by atoms with van der Waals surface area (Å²) in [5.41, 5.74) is 0. The number of hydrogen-bond donors (Lipinski definition) is 2. The smallest absolute Gasteiger partial charge is 0.264 e. The summed E-state index contributed by atoms with van der Waals surface area (Å²) in [4.78, 5) is 0. The van der Waals surface area contributed by atoms with Crippen LogP contribution in [0.1, 0.15) is 13.8 Å². The van der Waals surface area contributed by atoms with Crippen LogP contribution in [0, 0.1) is 0 Å². The zero-order chi connectivity index (χ0) is 13.9. The summed E-state index contributed by atoms with van der Waals surface area (Å²) in [6.07, 6.45) is 0.548. The molecule has 0 aliphatic rings. The Balaban J connectivity index is 3.92. The third-order valence-electron chi connectivity index (χ3n) is 1.87. The van der Waals surface area contributed by atoms with E-state index in [1.807, 2.05) is 13.8 Å². The molecule has 0 aromatic heterocycles. The maximum Gasteiger partial charge on any atom is 0.264 e. The second kappa shape index (κ2) is 10.7. The van der Waals surface area contributed by atoms with E-state index in [1.54, 1.807) is 0 Å². The number of rotatable bonds is 12. The molecule has 0 atom stereocenters. The van der Waals surface area contributed by atoms with E-state index in [2.05, 4.69) is 10.6 Å². The molecule has 0 aromatic rings. The first-order valence-corrected chi connectivity index (χ1v) is 7.76. The van der Waals surface area contributed by atoms with E-state index < -0.39 is 16.2 Å². The molecule has 0 unspecified atom stereocenters. The monoisotopic (exact) mass is 284 g/mol. The summed E-state index contributed by atoms with van der Waals surface area (Å²) in [7, 11) is -3.47. The molecule has 0 fully saturated rings. The predicted octanol–water partition coefficient (Wildman–Crippen LogP) is -0.502. The number of hydrogen-bond acceptors (Lipinski definition) is 7. The Bertz CT molecular complexity index is 272. The van der Waals surface area contributed by atoms with Crippen molar-refractivity contribution in [1.82, 2.24) is 10.6 Å². The lowest BCUT2D eigenvalue weighted by Gasteiger charge is -2.17. The Morgan fingerprint density at radius 3 is 1.78 bits per heavy atom. The highest BCUT2D eigenvalue weighted by atomic mass is 32.2. The summed E-state index contributed by atoms with van der Waals surface area (Å²) in [5, 5.41) is 5.91. The second-order valence-electron chi connectivity index (χ2n) is 3.60. The summed E-state index contributed by atoms with van der Waals surface area (Å²) in [5.74, 6) is 0. The van der Waals surface area contributed by atoms with Crippen LogP contribution in [-0.4, -0.2) is 60.5 Å². The Morgan fingerprint density at radius 2 is 1.44 bits per heavy atom. The van der Waals surface area contributed by atoms with Gasteiger partial charge in [0.25, 0.3) is 10.1 Å². The van der Waals surface area contributed by atoms with Crippen LogP contribution in [0.2, 0.25) is 0 Å². The maximum absolute atomic E-state index is 11.1. The van der Waals surface area contributed by atoms with Gasteiger partial charge < -0.3 is 9.47 Å². The molecule has 0 rings (SSSR count). The minimum atomic E-state index is -3.47. The van der Waals surface area contributed by atoms with Crippen LogP contribution in [-0.2, 0) is 23.8 Å². The van der Waals surface area contributed by atoms with Crippen LogP contribution >= 0.6 is 0 Å². The summed E-state index contributed by atoms with van der Waals surface area (Å²) >= 11 is 0. The topological polar surface area (TPSA) is 85.9 Å². The summed E-state index contributed by atoms with van der Waals surface area (Å²) in [6.45, 7) is 6.47. The van der Waals surface area contributed by atoms with Crippen LogP contribution in [0.4, 0.5) is 0 Å². The van der Waals surface area contributed by atoms with Gasteiger partial charge in [0.05, 0.1) is 19.7 Å². The molecule has 0 aromatic carbocycles. The molecule has 7 nitrogen and oxygen atoms in total. The first kappa shape index (κ1) is 17.8. The van der Waals surface area contributed by atoms with Gasteiger partial charge in [-0.05, 0) is 13.8 Å². The van der Waals surface area contributed by atoms with E-state index in [0.29, 0.717) is 39.8 Å². The van der Waals surface area contributed by atoms with Gasteiger partial charge in [0.1, 0.15) is 6.10 Å². The van der Waals surface area contributed by atoms with E-state index in [4.69, 9.17) is 13.7 Å². The minimum absolute atomic E-state index is 0.367. The normalized spacial score (nSPS) is 12.2. The van der Waals surface area contributed by atoms with Crippen LogP contribution < -0.4 is 10.6 Å². The lowest BCUT2D eigenvalue weighted by molar-refractivity contribution is 0.0994. The van der Waals surface area contributed by atoms with Crippen LogP contribution in [0.25, 0.3) is 0 Å². The average molecular weight is 284 g/mol. The van der Waals surface area contributed by atoms with Gasteiger partial charge in [-0.3, -0.25) is 14.8 Å². The van der Waals surface area contributed by atoms with E-state index in [9.17, 15) is 8.42 Å². The summed E-state index contributed by atoms with van der Waals surface area (Å²) < 4.78 is 37.3. The van der Waals surface area contributed by atoms with Gasteiger partial charge in [0.15, 0.2) is 0 Å². The molecular formula is C10H24N2O5S. The van der Waals surface area contributed by atoms with Gasteiger partial charge >= 0.3 is 0 Å². The Labute approximate surface area is 109 Å². The van der Waals surface area contributed by atoms with Crippen LogP contribution in [0.15, 0.2) is 0 Å². The van der Waals surface area contributed by atoms with E-state index >= 15 is 0 Å². The van der Waals surface area contributed by atoms with Crippen molar-refractivity contribution in [3.63, 3.8) is 0 Å². The van der Waals surface area contributed by atoms with E-state index in [1.165, 1.54) is 0 Å². The van der Waals surface area contributed by atoms with Gasteiger partial charge in [-0.1, -0.05) is 0 Å². The van der Waals surface area contributed by atoms with E-state index in [0.717, 1.165) is 6.26 Å². The third-order valence-corrected chi connectivity index (χ3v) is 2.49. The lowest BCUT2D eigenvalue weighted by atomic mass is 10.3. The molecule has 0 saturated carbocycles. The zero-order valence-corrected chi connectivity index (χ0v) is 12.1. The van der Waals surface area contributed by atoms with Gasteiger partial charge in [0, 0.05) is 26.3 Å². The molecule has 0 saturated heterocycles. The molecule has 8 heteroatoms. The largest absolute Gasteiger partial charge is 0.367 e. The van der Waals surface area contributed by atoms with Crippen molar-refractivity contribution in [2.45, 2.75) is 20.0 Å². The maximum atomic E-state index is 11.1. The molecular weight excluding hydrogens is 260 g/mol. The van der Waals surface area contributed by atoms with Crippen molar-refractivity contribution in [2.24, 2.45) is 0 Å². The van der Waals surface area contributed by atoms with Gasteiger partial charge in [-0.15, -0.1) is 0 Å². The summed E-state index contributed by atoms with van der Waals surface area (Å²) in [6, 6.07) is 0. The van der Waals surface area contributed by atoms with Crippen molar-refractivity contribution in [3.05, 3.63) is 0 Å².